The van der Waals surface area contributed by atoms with Crippen LogP contribution in [0.4, 0.5) is 0 Å². The Bertz CT molecular complexity index is 348. The van der Waals surface area contributed by atoms with E-state index < -0.39 is 0 Å². The van der Waals surface area contributed by atoms with Gasteiger partial charge in [0, 0.05) is 18.5 Å². The van der Waals surface area contributed by atoms with Crippen LogP contribution in [0.3, 0.4) is 0 Å². The van der Waals surface area contributed by atoms with E-state index in [4.69, 9.17) is 4.74 Å². The zero-order chi connectivity index (χ0) is 10.1. The van der Waals surface area contributed by atoms with Crippen LogP contribution in [0, 0.1) is 0 Å². The molecule has 1 atom stereocenters. The first kappa shape index (κ1) is 9.68. The fourth-order valence-corrected chi connectivity index (χ4v) is 2.74. The highest BCUT2D eigenvalue weighted by molar-refractivity contribution is 7.10. The lowest BCUT2D eigenvalue weighted by Crippen LogP contribution is -2.30. The largest absolute Gasteiger partial charge is 0.383 e. The van der Waals surface area contributed by atoms with Crippen molar-refractivity contribution in [2.75, 3.05) is 20.3 Å². The number of nitrogens with zero attached hydrogens (tertiary/aromatic N) is 1. The Kier molecular flexibility index (Phi) is 2.56. The van der Waals surface area contributed by atoms with E-state index in [1.54, 1.807) is 18.4 Å². The number of fused-ring (bicyclic) bond motifs is 1. The fourth-order valence-electron chi connectivity index (χ4n) is 1.78. The van der Waals surface area contributed by atoms with Crippen LogP contribution in [0.25, 0.3) is 0 Å². The maximum atomic E-state index is 11.9. The van der Waals surface area contributed by atoms with Crippen LogP contribution in [-0.4, -0.2) is 31.1 Å². The Morgan fingerprint density at radius 3 is 3.07 bits per heavy atom. The van der Waals surface area contributed by atoms with Gasteiger partial charge in [-0.2, -0.15) is 0 Å². The molecular formula is C10H13NO2S. The standard InChI is InChI=1S/C10H13NO2S/c1-7-9-8(3-6-14-9)10(12)11(7)4-5-13-2/h3,6-7H,4-5H2,1-2H3. The highest BCUT2D eigenvalue weighted by atomic mass is 32.1. The predicted molar refractivity (Wildman–Crippen MR) is 55.6 cm³/mol. The molecule has 0 spiro atoms. The number of hydrogen-bond acceptors (Lipinski definition) is 3. The normalized spacial score (nSPS) is 20.3. The molecule has 1 aromatic heterocycles. The van der Waals surface area contributed by atoms with Gasteiger partial charge in [0.15, 0.2) is 0 Å². The lowest BCUT2D eigenvalue weighted by molar-refractivity contribution is 0.0668. The predicted octanol–water partition coefficient (Wildman–Crippen LogP) is 1.91. The van der Waals surface area contributed by atoms with Crippen molar-refractivity contribution in [3.63, 3.8) is 0 Å². The number of thiophene rings is 1. The van der Waals surface area contributed by atoms with Gasteiger partial charge in [-0.1, -0.05) is 0 Å². The summed E-state index contributed by atoms with van der Waals surface area (Å²) in [5.41, 5.74) is 0.874. The van der Waals surface area contributed by atoms with Crippen molar-refractivity contribution in [2.24, 2.45) is 0 Å². The van der Waals surface area contributed by atoms with Gasteiger partial charge in [-0.05, 0) is 18.4 Å². The Hall–Kier alpha value is -0.870. The monoisotopic (exact) mass is 211 g/mol. The maximum Gasteiger partial charge on any atom is 0.255 e. The Morgan fingerprint density at radius 2 is 2.43 bits per heavy atom. The van der Waals surface area contributed by atoms with Crippen LogP contribution in [-0.2, 0) is 4.74 Å². The second kappa shape index (κ2) is 3.71. The van der Waals surface area contributed by atoms with Gasteiger partial charge in [-0.15, -0.1) is 11.3 Å². The molecule has 0 saturated carbocycles. The molecule has 2 heterocycles. The minimum absolute atomic E-state index is 0.144. The van der Waals surface area contributed by atoms with Crippen molar-refractivity contribution >= 4 is 17.2 Å². The SMILES string of the molecule is COCCN1C(=O)c2ccsc2C1C. The number of hydrogen-bond donors (Lipinski definition) is 0. The van der Waals surface area contributed by atoms with Gasteiger partial charge in [-0.3, -0.25) is 4.79 Å². The van der Waals surface area contributed by atoms with Crippen LogP contribution >= 0.6 is 11.3 Å². The van der Waals surface area contributed by atoms with Crippen molar-refractivity contribution in [2.45, 2.75) is 13.0 Å². The first-order valence-electron chi connectivity index (χ1n) is 4.63. The van der Waals surface area contributed by atoms with E-state index in [1.807, 2.05) is 16.3 Å². The summed E-state index contributed by atoms with van der Waals surface area (Å²) in [7, 11) is 1.65. The molecule has 0 radical (unpaired) electrons. The lowest BCUT2D eigenvalue weighted by Gasteiger charge is -2.21. The van der Waals surface area contributed by atoms with Gasteiger partial charge in [0.1, 0.15) is 0 Å². The van der Waals surface area contributed by atoms with Crippen molar-refractivity contribution in [1.82, 2.24) is 4.90 Å². The topological polar surface area (TPSA) is 29.5 Å². The van der Waals surface area contributed by atoms with Crippen LogP contribution in [0.5, 0.6) is 0 Å². The third-order valence-electron chi connectivity index (χ3n) is 2.57. The highest BCUT2D eigenvalue weighted by Gasteiger charge is 2.34. The summed E-state index contributed by atoms with van der Waals surface area (Å²) in [5, 5.41) is 1.98. The van der Waals surface area contributed by atoms with E-state index in [2.05, 4.69) is 6.92 Å². The van der Waals surface area contributed by atoms with Crippen molar-refractivity contribution < 1.29 is 9.53 Å². The molecule has 4 heteroatoms. The summed E-state index contributed by atoms with van der Waals surface area (Å²) >= 11 is 1.66. The molecule has 0 aliphatic carbocycles. The third kappa shape index (κ3) is 1.35. The van der Waals surface area contributed by atoms with Crippen molar-refractivity contribution in [1.29, 1.82) is 0 Å². The van der Waals surface area contributed by atoms with Gasteiger partial charge in [0.25, 0.3) is 5.91 Å². The first-order valence-corrected chi connectivity index (χ1v) is 5.51. The maximum absolute atomic E-state index is 11.9. The summed E-state index contributed by atoms with van der Waals surface area (Å²) in [6, 6.07) is 2.12. The molecule has 1 amide bonds. The zero-order valence-electron chi connectivity index (χ0n) is 8.32. The summed E-state index contributed by atoms with van der Waals surface area (Å²) in [6.07, 6.45) is 0. The summed E-state index contributed by atoms with van der Waals surface area (Å²) < 4.78 is 4.99. The Morgan fingerprint density at radius 1 is 1.64 bits per heavy atom. The van der Waals surface area contributed by atoms with Crippen LogP contribution < -0.4 is 0 Å². The van der Waals surface area contributed by atoms with Gasteiger partial charge in [0.2, 0.25) is 0 Å². The molecule has 2 rings (SSSR count). The minimum Gasteiger partial charge on any atom is -0.383 e. The van der Waals surface area contributed by atoms with Gasteiger partial charge < -0.3 is 9.64 Å². The molecule has 0 fully saturated rings. The van der Waals surface area contributed by atoms with Crippen molar-refractivity contribution in [3.8, 4) is 0 Å². The van der Waals surface area contributed by atoms with E-state index in [9.17, 15) is 4.79 Å². The second-order valence-electron chi connectivity index (χ2n) is 3.37. The number of rotatable bonds is 3. The van der Waals surface area contributed by atoms with Gasteiger partial charge in [-0.25, -0.2) is 0 Å². The molecule has 1 aromatic rings. The number of methoxy groups -OCH3 is 1. The minimum atomic E-state index is 0.144. The molecule has 0 saturated heterocycles. The smallest absolute Gasteiger partial charge is 0.255 e. The Labute approximate surface area is 87.3 Å². The van der Waals surface area contributed by atoms with E-state index in [0.717, 1.165) is 5.56 Å². The zero-order valence-corrected chi connectivity index (χ0v) is 9.13. The quantitative estimate of drug-likeness (QED) is 0.764. The molecule has 76 valence electrons. The molecule has 14 heavy (non-hydrogen) atoms. The molecule has 0 aromatic carbocycles. The van der Waals surface area contributed by atoms with Crippen LogP contribution in [0.2, 0.25) is 0 Å². The first-order chi connectivity index (χ1) is 6.75. The summed E-state index contributed by atoms with van der Waals surface area (Å²) in [4.78, 5) is 14.9. The molecule has 0 bridgehead atoms. The van der Waals surface area contributed by atoms with Crippen LogP contribution in [0.15, 0.2) is 11.4 Å². The third-order valence-corrected chi connectivity index (χ3v) is 3.66. The molecule has 1 aliphatic rings. The number of carbonyl (C=O) groups is 1. The van der Waals surface area contributed by atoms with E-state index in [1.165, 1.54) is 4.88 Å². The summed E-state index contributed by atoms with van der Waals surface area (Å²) in [5.74, 6) is 0.144. The van der Waals surface area contributed by atoms with Gasteiger partial charge in [0.05, 0.1) is 18.2 Å². The summed E-state index contributed by atoms with van der Waals surface area (Å²) in [6.45, 7) is 3.35. The molecule has 0 N–H and O–H groups in total. The second-order valence-corrected chi connectivity index (χ2v) is 4.31. The van der Waals surface area contributed by atoms with E-state index in [-0.39, 0.29) is 11.9 Å². The number of amides is 1. The van der Waals surface area contributed by atoms with Crippen LogP contribution in [0.1, 0.15) is 28.2 Å². The molecule has 3 nitrogen and oxygen atoms in total. The lowest BCUT2D eigenvalue weighted by atomic mass is 10.2. The number of carbonyl (C=O) groups excluding carboxylic acids is 1. The van der Waals surface area contributed by atoms with Gasteiger partial charge >= 0.3 is 0 Å². The molecular weight excluding hydrogens is 198 g/mol. The fraction of sp³-hybridized carbons (Fsp3) is 0.500. The van der Waals surface area contributed by atoms with Crippen molar-refractivity contribution in [3.05, 3.63) is 21.9 Å². The highest BCUT2D eigenvalue weighted by Crippen LogP contribution is 2.36. The van der Waals surface area contributed by atoms with E-state index in [0.29, 0.717) is 13.2 Å². The average Bonchev–Trinajstić information content (AvgIpc) is 2.72. The number of ether oxygens (including phenoxy) is 1. The molecule has 1 unspecified atom stereocenters. The van der Waals surface area contributed by atoms with E-state index >= 15 is 0 Å². The average molecular weight is 211 g/mol. The Balaban J connectivity index is 2.18. The molecule has 1 aliphatic heterocycles.